The molecule has 2 aromatic carbocycles. The molecule has 1 aliphatic rings. The normalized spacial score (nSPS) is 13.7. The van der Waals surface area contributed by atoms with Gasteiger partial charge >= 0.3 is 0 Å². The van der Waals surface area contributed by atoms with Crippen LogP contribution in [0.25, 0.3) is 0 Å². The summed E-state index contributed by atoms with van der Waals surface area (Å²) in [6.07, 6.45) is 1.02. The molecule has 4 nitrogen and oxygen atoms in total. The van der Waals surface area contributed by atoms with Crippen molar-refractivity contribution < 1.29 is 4.79 Å². The minimum Gasteiger partial charge on any atom is -0.383 e. The fourth-order valence-corrected chi connectivity index (χ4v) is 2.93. The first-order chi connectivity index (χ1) is 11.1. The first-order valence-electron chi connectivity index (χ1n) is 8.09. The maximum Gasteiger partial charge on any atom is 0.243 e. The van der Waals surface area contributed by atoms with Crippen molar-refractivity contribution in [2.75, 3.05) is 35.2 Å². The molecule has 0 aromatic heterocycles. The maximum absolute atomic E-state index is 12.5. The van der Waals surface area contributed by atoms with E-state index in [1.54, 1.807) is 0 Å². The molecule has 120 valence electrons. The molecule has 0 saturated carbocycles. The second-order valence-corrected chi connectivity index (χ2v) is 6.01. The van der Waals surface area contributed by atoms with Crippen LogP contribution in [-0.4, -0.2) is 25.5 Å². The van der Waals surface area contributed by atoms with Crippen molar-refractivity contribution in [1.29, 1.82) is 0 Å². The Balaban J connectivity index is 1.74. The molecule has 0 spiro atoms. The second-order valence-electron chi connectivity index (χ2n) is 6.01. The summed E-state index contributed by atoms with van der Waals surface area (Å²) < 4.78 is 0. The molecule has 2 aromatic rings. The van der Waals surface area contributed by atoms with E-state index in [1.165, 1.54) is 5.56 Å². The van der Waals surface area contributed by atoms with Gasteiger partial charge in [0.05, 0.1) is 17.9 Å². The lowest BCUT2D eigenvalue weighted by molar-refractivity contribution is -0.115. The number of nitrogens with zero attached hydrogens (tertiary/aromatic N) is 1. The second kappa shape index (κ2) is 6.73. The number of rotatable bonds is 3. The van der Waals surface area contributed by atoms with E-state index in [-0.39, 0.29) is 5.91 Å². The van der Waals surface area contributed by atoms with Crippen molar-refractivity contribution in [2.45, 2.75) is 20.3 Å². The molecule has 0 atom stereocenters. The van der Waals surface area contributed by atoms with Gasteiger partial charge in [-0.05, 0) is 49.6 Å². The van der Waals surface area contributed by atoms with Gasteiger partial charge in [0.25, 0.3) is 0 Å². The summed E-state index contributed by atoms with van der Waals surface area (Å²) in [6, 6.07) is 14.2. The SMILES string of the molecule is Cc1cccc(NC(=O)CN2CCCNc3ccccc32)c1C. The Morgan fingerprint density at radius 2 is 2.00 bits per heavy atom. The average molecular weight is 309 g/mol. The van der Waals surface area contributed by atoms with Gasteiger partial charge in [0.1, 0.15) is 0 Å². The Morgan fingerprint density at radius 1 is 1.17 bits per heavy atom. The first kappa shape index (κ1) is 15.4. The molecule has 0 radical (unpaired) electrons. The minimum atomic E-state index is 0.0235. The molecule has 2 N–H and O–H groups in total. The monoisotopic (exact) mass is 309 g/mol. The van der Waals surface area contributed by atoms with Crippen molar-refractivity contribution in [3.05, 3.63) is 53.6 Å². The molecule has 1 heterocycles. The van der Waals surface area contributed by atoms with E-state index in [4.69, 9.17) is 0 Å². The van der Waals surface area contributed by atoms with E-state index in [1.807, 2.05) is 31.2 Å². The standard InChI is InChI=1S/C19H23N3O/c1-14-7-5-9-16(15(14)2)21-19(23)13-22-12-6-11-20-17-8-3-4-10-18(17)22/h3-5,7-10,20H,6,11-13H2,1-2H3,(H,21,23). The number of benzene rings is 2. The Morgan fingerprint density at radius 3 is 2.87 bits per heavy atom. The number of amides is 1. The highest BCUT2D eigenvalue weighted by Crippen LogP contribution is 2.28. The molecule has 1 amide bonds. The van der Waals surface area contributed by atoms with Gasteiger partial charge < -0.3 is 15.5 Å². The Kier molecular flexibility index (Phi) is 4.51. The van der Waals surface area contributed by atoms with Crippen LogP contribution in [0.15, 0.2) is 42.5 Å². The number of carbonyl (C=O) groups is 1. The Labute approximate surface area is 137 Å². The highest BCUT2D eigenvalue weighted by Gasteiger charge is 2.17. The smallest absolute Gasteiger partial charge is 0.243 e. The lowest BCUT2D eigenvalue weighted by atomic mass is 10.1. The van der Waals surface area contributed by atoms with Gasteiger partial charge in [-0.15, -0.1) is 0 Å². The molecule has 0 aliphatic carbocycles. The maximum atomic E-state index is 12.5. The molecule has 23 heavy (non-hydrogen) atoms. The summed E-state index contributed by atoms with van der Waals surface area (Å²) in [4.78, 5) is 14.6. The minimum absolute atomic E-state index is 0.0235. The van der Waals surface area contributed by atoms with Gasteiger partial charge in [-0.25, -0.2) is 0 Å². The molecule has 0 fully saturated rings. The topological polar surface area (TPSA) is 44.4 Å². The summed E-state index contributed by atoms with van der Waals surface area (Å²) in [5.41, 5.74) is 5.41. The molecule has 4 heteroatoms. The highest BCUT2D eigenvalue weighted by molar-refractivity contribution is 5.95. The van der Waals surface area contributed by atoms with Crippen LogP contribution in [0.4, 0.5) is 17.1 Å². The number of aryl methyl sites for hydroxylation is 1. The van der Waals surface area contributed by atoms with Gasteiger partial charge in [-0.2, -0.15) is 0 Å². The summed E-state index contributed by atoms with van der Waals surface area (Å²) in [7, 11) is 0. The van der Waals surface area contributed by atoms with Crippen LogP contribution in [0.2, 0.25) is 0 Å². The number of anilines is 3. The molecular weight excluding hydrogens is 286 g/mol. The number of para-hydroxylation sites is 2. The largest absolute Gasteiger partial charge is 0.383 e. The predicted molar refractivity (Wildman–Crippen MR) is 96.3 cm³/mol. The van der Waals surface area contributed by atoms with E-state index in [2.05, 4.69) is 40.7 Å². The predicted octanol–water partition coefficient (Wildman–Crippen LogP) is 3.56. The van der Waals surface area contributed by atoms with Gasteiger partial charge in [0, 0.05) is 18.8 Å². The first-order valence-corrected chi connectivity index (χ1v) is 8.09. The van der Waals surface area contributed by atoms with Crippen molar-refractivity contribution in [2.24, 2.45) is 0 Å². The van der Waals surface area contributed by atoms with E-state index >= 15 is 0 Å². The zero-order valence-electron chi connectivity index (χ0n) is 13.7. The van der Waals surface area contributed by atoms with E-state index < -0.39 is 0 Å². The lowest BCUT2D eigenvalue weighted by Gasteiger charge is -2.24. The van der Waals surface area contributed by atoms with Gasteiger partial charge in [0.15, 0.2) is 0 Å². The van der Waals surface area contributed by atoms with E-state index in [0.717, 1.165) is 42.1 Å². The van der Waals surface area contributed by atoms with Gasteiger partial charge in [-0.1, -0.05) is 24.3 Å². The summed E-state index contributed by atoms with van der Waals surface area (Å²) >= 11 is 0. The van der Waals surface area contributed by atoms with Crippen LogP contribution in [-0.2, 0) is 4.79 Å². The zero-order valence-corrected chi connectivity index (χ0v) is 13.7. The third kappa shape index (κ3) is 3.47. The number of nitrogens with one attached hydrogen (secondary N) is 2. The Bertz CT molecular complexity index is 712. The van der Waals surface area contributed by atoms with Crippen LogP contribution in [0, 0.1) is 13.8 Å². The molecule has 0 unspecified atom stereocenters. The molecule has 0 saturated heterocycles. The number of fused-ring (bicyclic) bond motifs is 1. The van der Waals surface area contributed by atoms with E-state index in [9.17, 15) is 4.79 Å². The molecule has 1 aliphatic heterocycles. The fraction of sp³-hybridized carbons (Fsp3) is 0.316. The van der Waals surface area contributed by atoms with Crippen LogP contribution >= 0.6 is 0 Å². The average Bonchev–Trinajstić information content (AvgIpc) is 2.75. The van der Waals surface area contributed by atoms with Crippen LogP contribution in [0.3, 0.4) is 0 Å². The Hall–Kier alpha value is -2.49. The number of hydrogen-bond acceptors (Lipinski definition) is 3. The molecule has 0 bridgehead atoms. The molecule has 3 rings (SSSR count). The highest BCUT2D eigenvalue weighted by atomic mass is 16.2. The van der Waals surface area contributed by atoms with Crippen molar-refractivity contribution in [3.63, 3.8) is 0 Å². The number of carbonyl (C=O) groups excluding carboxylic acids is 1. The summed E-state index contributed by atoms with van der Waals surface area (Å²) in [6.45, 7) is 6.28. The van der Waals surface area contributed by atoms with Gasteiger partial charge in [-0.3, -0.25) is 4.79 Å². The third-order valence-electron chi connectivity index (χ3n) is 4.38. The summed E-state index contributed by atoms with van der Waals surface area (Å²) in [5, 5.41) is 6.47. The quantitative estimate of drug-likeness (QED) is 0.911. The van der Waals surface area contributed by atoms with Crippen molar-refractivity contribution in [3.8, 4) is 0 Å². The van der Waals surface area contributed by atoms with E-state index in [0.29, 0.717) is 6.54 Å². The lowest BCUT2D eigenvalue weighted by Crippen LogP contribution is -2.34. The van der Waals surface area contributed by atoms with Crippen LogP contribution < -0.4 is 15.5 Å². The zero-order chi connectivity index (χ0) is 16.2. The van der Waals surface area contributed by atoms with Gasteiger partial charge in [0.2, 0.25) is 5.91 Å². The van der Waals surface area contributed by atoms with Crippen LogP contribution in [0.5, 0.6) is 0 Å². The van der Waals surface area contributed by atoms with Crippen molar-refractivity contribution in [1.82, 2.24) is 0 Å². The van der Waals surface area contributed by atoms with Crippen LogP contribution in [0.1, 0.15) is 17.5 Å². The number of hydrogen-bond donors (Lipinski definition) is 2. The molecular formula is C19H23N3O. The fourth-order valence-electron chi connectivity index (χ4n) is 2.93. The summed E-state index contributed by atoms with van der Waals surface area (Å²) in [5.74, 6) is 0.0235. The van der Waals surface area contributed by atoms with Crippen molar-refractivity contribution >= 4 is 23.0 Å². The third-order valence-corrected chi connectivity index (χ3v) is 4.38.